The summed E-state index contributed by atoms with van der Waals surface area (Å²) in [5.41, 5.74) is 0.536. The van der Waals surface area contributed by atoms with Crippen LogP contribution in [0.3, 0.4) is 0 Å². The van der Waals surface area contributed by atoms with Crippen molar-refractivity contribution in [3.8, 4) is 0 Å². The van der Waals surface area contributed by atoms with Crippen LogP contribution in [0.4, 0.5) is 0 Å². The highest BCUT2D eigenvalue weighted by Gasteiger charge is 2.07. The maximum absolute atomic E-state index is 11.1. The Hall–Kier alpha value is -0.720. The molecule has 0 saturated heterocycles. The average Bonchev–Trinajstić information content (AvgIpc) is 2.01. The van der Waals surface area contributed by atoms with E-state index in [0.717, 1.165) is 6.26 Å². The largest absolute Gasteiger partial charge is 0.306 e. The highest BCUT2D eigenvalue weighted by atomic mass is 32.2. The van der Waals surface area contributed by atoms with Crippen molar-refractivity contribution in [1.82, 2.24) is 0 Å². The molecule has 0 aliphatic carbocycles. The summed E-state index contributed by atoms with van der Waals surface area (Å²) >= 11 is -1.95. The third kappa shape index (κ3) is 3.21. The minimum absolute atomic E-state index is 0.0522. The van der Waals surface area contributed by atoms with Gasteiger partial charge >= 0.3 is 0 Å². The van der Waals surface area contributed by atoms with Crippen molar-refractivity contribution in [2.75, 3.05) is 6.26 Å². The predicted octanol–water partition coefficient (Wildman–Crippen LogP) is 0.812. The molecule has 0 heterocycles. The highest BCUT2D eigenvalue weighted by Crippen LogP contribution is 2.12. The fourth-order valence-corrected chi connectivity index (χ4v) is 2.16. The van der Waals surface area contributed by atoms with Gasteiger partial charge in [0, 0.05) is 6.26 Å². The first-order chi connectivity index (χ1) is 6.39. The monoisotopic (exact) mass is 234 g/mol. The van der Waals surface area contributed by atoms with E-state index in [1.54, 1.807) is 12.1 Å². The van der Waals surface area contributed by atoms with Crippen LogP contribution in [-0.2, 0) is 26.7 Å². The summed E-state index contributed by atoms with van der Waals surface area (Å²) in [6.45, 7) is 0. The molecule has 1 aromatic carbocycles. The summed E-state index contributed by atoms with van der Waals surface area (Å²) in [5, 5.41) is 0. The Morgan fingerprint density at radius 1 is 1.43 bits per heavy atom. The molecule has 1 N–H and O–H groups in total. The lowest BCUT2D eigenvalue weighted by molar-refractivity contribution is 0.563. The van der Waals surface area contributed by atoms with Crippen molar-refractivity contribution in [2.24, 2.45) is 0 Å². The molecule has 0 radical (unpaired) electrons. The van der Waals surface area contributed by atoms with E-state index >= 15 is 0 Å². The summed E-state index contributed by atoms with van der Waals surface area (Å²) in [4.78, 5) is 0.167. The second-order valence-corrected chi connectivity index (χ2v) is 5.83. The van der Waals surface area contributed by atoms with Gasteiger partial charge in [-0.15, -0.1) is 0 Å². The summed E-state index contributed by atoms with van der Waals surface area (Å²) in [5.74, 6) is -0.0522. The van der Waals surface area contributed by atoms with Crippen molar-refractivity contribution in [1.29, 1.82) is 0 Å². The highest BCUT2D eigenvalue weighted by molar-refractivity contribution is 7.90. The first-order valence-corrected chi connectivity index (χ1v) is 6.93. The Kier molecular flexibility index (Phi) is 3.41. The van der Waals surface area contributed by atoms with Gasteiger partial charge < -0.3 is 4.55 Å². The van der Waals surface area contributed by atoms with E-state index in [2.05, 4.69) is 0 Å². The summed E-state index contributed by atoms with van der Waals surface area (Å²) in [6.07, 6.45) is 1.10. The number of hydrogen-bond donors (Lipinski definition) is 1. The van der Waals surface area contributed by atoms with E-state index in [1.165, 1.54) is 12.1 Å². The number of benzene rings is 1. The van der Waals surface area contributed by atoms with Crippen molar-refractivity contribution in [3.63, 3.8) is 0 Å². The lowest BCUT2D eigenvalue weighted by Gasteiger charge is -2.01. The van der Waals surface area contributed by atoms with Gasteiger partial charge in [-0.25, -0.2) is 12.6 Å². The molecular formula is C8H10O4S2. The first-order valence-electron chi connectivity index (χ1n) is 3.76. The SMILES string of the molecule is CS(=O)(=O)c1cccc(CS(=O)O)c1. The summed E-state index contributed by atoms with van der Waals surface area (Å²) in [6, 6.07) is 6.03. The van der Waals surface area contributed by atoms with Crippen molar-refractivity contribution >= 4 is 20.9 Å². The van der Waals surface area contributed by atoms with Crippen LogP contribution in [-0.4, -0.2) is 23.4 Å². The van der Waals surface area contributed by atoms with Crippen LogP contribution in [0.5, 0.6) is 0 Å². The summed E-state index contributed by atoms with van der Waals surface area (Å²) < 4.78 is 41.4. The molecule has 0 spiro atoms. The Morgan fingerprint density at radius 2 is 2.07 bits per heavy atom. The van der Waals surface area contributed by atoms with E-state index in [4.69, 9.17) is 4.55 Å². The Morgan fingerprint density at radius 3 is 2.57 bits per heavy atom. The molecule has 1 rings (SSSR count). The fraction of sp³-hybridized carbons (Fsp3) is 0.250. The van der Waals surface area contributed by atoms with Gasteiger partial charge in [0.25, 0.3) is 0 Å². The minimum Gasteiger partial charge on any atom is -0.306 e. The molecule has 1 unspecified atom stereocenters. The number of hydrogen-bond acceptors (Lipinski definition) is 3. The van der Waals surface area contributed by atoms with Gasteiger partial charge in [-0.3, -0.25) is 0 Å². The zero-order chi connectivity index (χ0) is 10.8. The lowest BCUT2D eigenvalue weighted by atomic mass is 10.2. The molecule has 1 aromatic rings. The molecule has 0 bridgehead atoms. The van der Waals surface area contributed by atoms with Crippen molar-refractivity contribution < 1.29 is 17.2 Å². The van der Waals surface area contributed by atoms with Gasteiger partial charge in [-0.1, -0.05) is 12.1 Å². The molecule has 78 valence electrons. The fourth-order valence-electron chi connectivity index (χ4n) is 1.01. The van der Waals surface area contributed by atoms with Crippen LogP contribution >= 0.6 is 0 Å². The van der Waals surface area contributed by atoms with E-state index < -0.39 is 20.9 Å². The number of sulfone groups is 1. The Bertz CT molecular complexity index is 450. The van der Waals surface area contributed by atoms with Crippen LogP contribution < -0.4 is 0 Å². The van der Waals surface area contributed by atoms with Crippen molar-refractivity contribution in [2.45, 2.75) is 10.6 Å². The summed E-state index contributed by atoms with van der Waals surface area (Å²) in [7, 11) is -3.24. The molecule has 4 nitrogen and oxygen atoms in total. The van der Waals surface area contributed by atoms with Gasteiger partial charge in [0.2, 0.25) is 0 Å². The van der Waals surface area contributed by atoms with Crippen LogP contribution in [0.2, 0.25) is 0 Å². The Balaban J connectivity index is 3.08. The van der Waals surface area contributed by atoms with Crippen LogP contribution in [0.15, 0.2) is 29.2 Å². The third-order valence-corrected chi connectivity index (χ3v) is 3.31. The molecule has 0 aliphatic heterocycles. The molecule has 0 fully saturated rings. The van der Waals surface area contributed by atoms with Crippen LogP contribution in [0.25, 0.3) is 0 Å². The van der Waals surface area contributed by atoms with E-state index in [0.29, 0.717) is 5.56 Å². The van der Waals surface area contributed by atoms with E-state index in [9.17, 15) is 12.6 Å². The zero-order valence-electron chi connectivity index (χ0n) is 7.50. The normalized spacial score (nSPS) is 13.9. The molecule has 0 saturated carbocycles. The molecule has 0 aromatic heterocycles. The molecule has 6 heteroatoms. The smallest absolute Gasteiger partial charge is 0.175 e. The van der Waals surface area contributed by atoms with Gasteiger partial charge in [0.05, 0.1) is 10.6 Å². The standard InChI is InChI=1S/C8H10O4S2/c1-14(11,12)8-4-2-3-7(5-8)6-13(9)10/h2-5H,6H2,1H3,(H,9,10). The van der Waals surface area contributed by atoms with Crippen molar-refractivity contribution in [3.05, 3.63) is 29.8 Å². The average molecular weight is 234 g/mol. The van der Waals surface area contributed by atoms with Gasteiger partial charge in [-0.05, 0) is 17.7 Å². The third-order valence-electron chi connectivity index (χ3n) is 1.62. The molecule has 1 atom stereocenters. The van der Waals surface area contributed by atoms with E-state index in [-0.39, 0.29) is 10.6 Å². The quantitative estimate of drug-likeness (QED) is 0.786. The van der Waals surface area contributed by atoms with Gasteiger partial charge in [0.15, 0.2) is 20.9 Å². The van der Waals surface area contributed by atoms with E-state index in [1.807, 2.05) is 0 Å². The lowest BCUT2D eigenvalue weighted by Crippen LogP contribution is -1.99. The Labute approximate surface area is 85.2 Å². The zero-order valence-corrected chi connectivity index (χ0v) is 9.14. The molecule has 14 heavy (non-hydrogen) atoms. The molecule has 0 amide bonds. The maximum Gasteiger partial charge on any atom is 0.175 e. The van der Waals surface area contributed by atoms with Gasteiger partial charge in [-0.2, -0.15) is 0 Å². The second kappa shape index (κ2) is 4.20. The molecule has 0 aliphatic rings. The first kappa shape index (κ1) is 11.4. The van der Waals surface area contributed by atoms with Crippen LogP contribution in [0.1, 0.15) is 5.56 Å². The topological polar surface area (TPSA) is 71.4 Å². The predicted molar refractivity (Wildman–Crippen MR) is 54.0 cm³/mol. The second-order valence-electron chi connectivity index (χ2n) is 2.89. The minimum atomic E-state index is -3.24. The van der Waals surface area contributed by atoms with Crippen LogP contribution in [0, 0.1) is 0 Å². The number of rotatable bonds is 3. The maximum atomic E-state index is 11.1. The van der Waals surface area contributed by atoms with Gasteiger partial charge in [0.1, 0.15) is 0 Å². The molecular weight excluding hydrogens is 224 g/mol.